The quantitative estimate of drug-likeness (QED) is 0.573. The highest BCUT2D eigenvalue weighted by atomic mass is 16.1. The summed E-state index contributed by atoms with van der Waals surface area (Å²) >= 11 is 0. The van der Waals surface area contributed by atoms with Gasteiger partial charge in [0.1, 0.15) is 5.78 Å². The number of fused-ring (bicyclic) bond motifs is 2. The van der Waals surface area contributed by atoms with Crippen LogP contribution in [0.3, 0.4) is 0 Å². The van der Waals surface area contributed by atoms with Gasteiger partial charge in [-0.15, -0.1) is 0 Å². The van der Waals surface area contributed by atoms with Crippen LogP contribution >= 0.6 is 0 Å². The molecule has 2 bridgehead atoms. The molecule has 0 aromatic rings. The van der Waals surface area contributed by atoms with Crippen molar-refractivity contribution >= 4 is 5.78 Å². The molecule has 1 heteroatoms. The van der Waals surface area contributed by atoms with Crippen molar-refractivity contribution in [1.82, 2.24) is 0 Å². The van der Waals surface area contributed by atoms with Gasteiger partial charge in [-0.3, -0.25) is 4.79 Å². The summed E-state index contributed by atoms with van der Waals surface area (Å²) in [5.41, 5.74) is -0.00579. The lowest BCUT2D eigenvalue weighted by atomic mass is 9.73. The molecule has 0 N–H and O–H groups in total. The molecule has 1 nitrogen and oxygen atoms in total. The minimum atomic E-state index is -0.00579. The zero-order valence-electron chi connectivity index (χ0n) is 7.84. The first-order chi connectivity index (χ1) is 5.66. The van der Waals surface area contributed by atoms with Crippen molar-refractivity contribution in [3.63, 3.8) is 0 Å². The first-order valence-electron chi connectivity index (χ1n) is 4.88. The standard InChI is InChI=1S/C11H16O/c1-3-10(12)11(2)7-8-4-5-9(11)6-8/h4-5,8-9H,3,6-7H2,1-2H3. The lowest BCUT2D eigenvalue weighted by Gasteiger charge is -2.29. The summed E-state index contributed by atoms with van der Waals surface area (Å²) in [4.78, 5) is 11.7. The van der Waals surface area contributed by atoms with E-state index >= 15 is 0 Å². The normalized spacial score (nSPS) is 43.8. The molecular weight excluding hydrogens is 148 g/mol. The third-order valence-corrected chi connectivity index (χ3v) is 3.63. The Hall–Kier alpha value is -0.590. The summed E-state index contributed by atoms with van der Waals surface area (Å²) < 4.78 is 0. The van der Waals surface area contributed by atoms with Gasteiger partial charge in [-0.1, -0.05) is 26.0 Å². The Morgan fingerprint density at radius 1 is 1.58 bits per heavy atom. The molecule has 0 amide bonds. The molecule has 0 aliphatic heterocycles. The van der Waals surface area contributed by atoms with Gasteiger partial charge in [0, 0.05) is 11.8 Å². The summed E-state index contributed by atoms with van der Waals surface area (Å²) in [6, 6.07) is 0. The Labute approximate surface area is 73.8 Å². The number of carbonyl (C=O) groups excluding carboxylic acids is 1. The van der Waals surface area contributed by atoms with Gasteiger partial charge in [0.2, 0.25) is 0 Å². The third-order valence-electron chi connectivity index (χ3n) is 3.63. The molecule has 1 fully saturated rings. The van der Waals surface area contributed by atoms with Crippen molar-refractivity contribution in [2.45, 2.75) is 33.1 Å². The molecule has 3 atom stereocenters. The van der Waals surface area contributed by atoms with Crippen molar-refractivity contribution < 1.29 is 4.79 Å². The van der Waals surface area contributed by atoms with E-state index in [0.29, 0.717) is 24.0 Å². The SMILES string of the molecule is CCC(=O)C1(C)CC2C=CC1C2. The van der Waals surface area contributed by atoms with Crippen LogP contribution < -0.4 is 0 Å². The molecule has 3 unspecified atom stereocenters. The van der Waals surface area contributed by atoms with E-state index in [0.717, 1.165) is 6.42 Å². The van der Waals surface area contributed by atoms with E-state index in [1.807, 2.05) is 6.92 Å². The second-order valence-electron chi connectivity index (χ2n) is 4.39. The fourth-order valence-electron chi connectivity index (χ4n) is 2.82. The number of rotatable bonds is 2. The molecule has 0 heterocycles. The van der Waals surface area contributed by atoms with Gasteiger partial charge < -0.3 is 0 Å². The zero-order valence-corrected chi connectivity index (χ0v) is 7.84. The maximum atomic E-state index is 11.7. The second-order valence-corrected chi connectivity index (χ2v) is 4.39. The van der Waals surface area contributed by atoms with Crippen molar-refractivity contribution in [2.24, 2.45) is 17.3 Å². The van der Waals surface area contributed by atoms with Crippen LogP contribution in [0.15, 0.2) is 12.2 Å². The molecular formula is C11H16O. The molecule has 0 aromatic heterocycles. The van der Waals surface area contributed by atoms with E-state index in [-0.39, 0.29) is 5.41 Å². The summed E-state index contributed by atoms with van der Waals surface area (Å²) in [6.07, 6.45) is 7.56. The Morgan fingerprint density at radius 3 is 2.75 bits per heavy atom. The van der Waals surface area contributed by atoms with Crippen LogP contribution in [0.2, 0.25) is 0 Å². The fourth-order valence-corrected chi connectivity index (χ4v) is 2.82. The highest BCUT2D eigenvalue weighted by Crippen LogP contribution is 2.52. The monoisotopic (exact) mass is 164 g/mol. The first-order valence-corrected chi connectivity index (χ1v) is 4.88. The summed E-state index contributed by atoms with van der Waals surface area (Å²) in [5, 5.41) is 0. The lowest BCUT2D eigenvalue weighted by molar-refractivity contribution is -0.128. The van der Waals surface area contributed by atoms with Gasteiger partial charge in [0.05, 0.1) is 0 Å². The van der Waals surface area contributed by atoms with Crippen LogP contribution in [0.5, 0.6) is 0 Å². The molecule has 2 aliphatic rings. The van der Waals surface area contributed by atoms with Crippen LogP contribution in [0.4, 0.5) is 0 Å². The van der Waals surface area contributed by atoms with Crippen LogP contribution in [0, 0.1) is 17.3 Å². The molecule has 0 aromatic carbocycles. The number of hydrogen-bond acceptors (Lipinski definition) is 1. The van der Waals surface area contributed by atoms with E-state index in [4.69, 9.17) is 0 Å². The zero-order chi connectivity index (χ0) is 8.77. The first kappa shape index (κ1) is 8.03. The number of hydrogen-bond donors (Lipinski definition) is 0. The van der Waals surface area contributed by atoms with Crippen molar-refractivity contribution in [3.05, 3.63) is 12.2 Å². The number of carbonyl (C=O) groups is 1. The number of ketones is 1. The van der Waals surface area contributed by atoms with E-state index in [9.17, 15) is 4.79 Å². The largest absolute Gasteiger partial charge is 0.299 e. The van der Waals surface area contributed by atoms with Gasteiger partial charge in [-0.05, 0) is 24.7 Å². The third kappa shape index (κ3) is 0.886. The molecule has 66 valence electrons. The van der Waals surface area contributed by atoms with Gasteiger partial charge in [-0.2, -0.15) is 0 Å². The Balaban J connectivity index is 2.23. The number of Topliss-reactive ketones (excluding diaryl/α,β-unsaturated/α-hetero) is 1. The van der Waals surface area contributed by atoms with Crippen LogP contribution in [-0.4, -0.2) is 5.78 Å². The molecule has 12 heavy (non-hydrogen) atoms. The summed E-state index contributed by atoms with van der Waals surface area (Å²) in [5.74, 6) is 1.71. The molecule has 0 spiro atoms. The predicted molar refractivity (Wildman–Crippen MR) is 48.8 cm³/mol. The average Bonchev–Trinajstić information content (AvgIpc) is 2.62. The lowest BCUT2D eigenvalue weighted by Crippen LogP contribution is -2.31. The summed E-state index contributed by atoms with van der Waals surface area (Å²) in [7, 11) is 0. The highest BCUT2D eigenvalue weighted by Gasteiger charge is 2.48. The van der Waals surface area contributed by atoms with Gasteiger partial charge in [0.25, 0.3) is 0 Å². The van der Waals surface area contributed by atoms with Crippen molar-refractivity contribution in [2.75, 3.05) is 0 Å². The Bertz CT molecular complexity index is 241. The van der Waals surface area contributed by atoms with Gasteiger partial charge >= 0.3 is 0 Å². The topological polar surface area (TPSA) is 17.1 Å². The molecule has 0 saturated heterocycles. The smallest absolute Gasteiger partial charge is 0.139 e. The van der Waals surface area contributed by atoms with Crippen LogP contribution in [-0.2, 0) is 4.79 Å². The maximum Gasteiger partial charge on any atom is 0.139 e. The van der Waals surface area contributed by atoms with Crippen molar-refractivity contribution in [3.8, 4) is 0 Å². The van der Waals surface area contributed by atoms with Crippen LogP contribution in [0.25, 0.3) is 0 Å². The minimum Gasteiger partial charge on any atom is -0.299 e. The fraction of sp³-hybridized carbons (Fsp3) is 0.727. The molecule has 2 aliphatic carbocycles. The van der Waals surface area contributed by atoms with E-state index in [2.05, 4.69) is 19.1 Å². The summed E-state index contributed by atoms with van der Waals surface area (Å²) in [6.45, 7) is 4.12. The van der Waals surface area contributed by atoms with Crippen molar-refractivity contribution in [1.29, 1.82) is 0 Å². The van der Waals surface area contributed by atoms with Gasteiger partial charge in [-0.25, -0.2) is 0 Å². The molecule has 1 saturated carbocycles. The van der Waals surface area contributed by atoms with E-state index < -0.39 is 0 Å². The van der Waals surface area contributed by atoms with E-state index in [1.54, 1.807) is 0 Å². The van der Waals surface area contributed by atoms with E-state index in [1.165, 1.54) is 6.42 Å². The Kier molecular flexibility index (Phi) is 1.64. The second kappa shape index (κ2) is 2.45. The minimum absolute atomic E-state index is 0.00579. The van der Waals surface area contributed by atoms with Crippen LogP contribution in [0.1, 0.15) is 33.1 Å². The number of allylic oxidation sites excluding steroid dienone is 2. The highest BCUT2D eigenvalue weighted by molar-refractivity contribution is 5.85. The molecule has 0 radical (unpaired) electrons. The molecule has 2 rings (SSSR count). The van der Waals surface area contributed by atoms with Gasteiger partial charge in [0.15, 0.2) is 0 Å². The Morgan fingerprint density at radius 2 is 2.33 bits per heavy atom. The predicted octanol–water partition coefficient (Wildman–Crippen LogP) is 2.57. The average molecular weight is 164 g/mol. The maximum absolute atomic E-state index is 11.7.